The monoisotopic (exact) mass is 458 g/mol. The van der Waals surface area contributed by atoms with Gasteiger partial charge in [-0.05, 0) is 48.2 Å². The molecule has 2 aliphatic carbocycles. The highest BCUT2D eigenvalue weighted by Gasteiger charge is 2.51. The van der Waals surface area contributed by atoms with Gasteiger partial charge in [0.25, 0.3) is 10.0 Å². The van der Waals surface area contributed by atoms with E-state index in [1.165, 1.54) is 0 Å². The summed E-state index contributed by atoms with van der Waals surface area (Å²) >= 11 is 0. The number of nitrogens with zero attached hydrogens (tertiary/aromatic N) is 1. The normalized spacial score (nSPS) is 16.6. The molecule has 0 amide bonds. The van der Waals surface area contributed by atoms with Crippen LogP contribution in [-0.2, 0) is 33.2 Å². The zero-order valence-electron chi connectivity index (χ0n) is 16.9. The Kier molecular flexibility index (Phi) is 4.77. The van der Waals surface area contributed by atoms with Crippen LogP contribution in [0.1, 0.15) is 36.1 Å². The summed E-state index contributed by atoms with van der Waals surface area (Å²) in [5.74, 6) is -1.91. The van der Waals surface area contributed by atoms with Crippen LogP contribution in [0.5, 0.6) is 0 Å². The molecule has 0 unspecified atom stereocenters. The molecule has 2 aromatic carbocycles. The highest BCUT2D eigenvalue weighted by molar-refractivity contribution is 7.92. The summed E-state index contributed by atoms with van der Waals surface area (Å²) in [6.07, 6.45) is 5.87. The number of anilines is 2. The van der Waals surface area contributed by atoms with Gasteiger partial charge in [0.1, 0.15) is 22.3 Å². The molecular formula is C22H20F2N4O3S. The maximum atomic E-state index is 14.1. The SMILES string of the molecule is O=C1Cc2c(NCc3cnc[nH]3)cc(NS(=O)(=O)c3ccc(F)cc3F)cc2C12CCC2. The summed E-state index contributed by atoms with van der Waals surface area (Å²) in [7, 11) is -4.31. The fourth-order valence-corrected chi connectivity index (χ4v) is 5.64. The molecule has 0 radical (unpaired) electrons. The number of hydrogen-bond donors (Lipinski definition) is 3. The molecule has 1 saturated carbocycles. The molecule has 1 fully saturated rings. The number of carbonyl (C=O) groups is 1. The molecule has 1 aromatic heterocycles. The zero-order chi connectivity index (χ0) is 22.5. The van der Waals surface area contributed by atoms with Gasteiger partial charge in [0.2, 0.25) is 0 Å². The number of sulfonamides is 1. The maximum Gasteiger partial charge on any atom is 0.264 e. The first kappa shape index (κ1) is 20.6. The van der Waals surface area contributed by atoms with E-state index in [1.54, 1.807) is 24.7 Å². The Labute approximate surface area is 183 Å². The third kappa shape index (κ3) is 3.35. The second kappa shape index (κ2) is 7.40. The molecule has 1 heterocycles. The van der Waals surface area contributed by atoms with Crippen LogP contribution in [-0.4, -0.2) is 24.2 Å². The fraction of sp³-hybridized carbons (Fsp3) is 0.273. The van der Waals surface area contributed by atoms with Crippen molar-refractivity contribution in [1.82, 2.24) is 9.97 Å². The number of nitrogens with one attached hydrogen (secondary N) is 3. The molecule has 166 valence electrons. The van der Waals surface area contributed by atoms with E-state index in [2.05, 4.69) is 20.0 Å². The Balaban J connectivity index is 1.54. The van der Waals surface area contributed by atoms with Crippen LogP contribution in [0.3, 0.4) is 0 Å². The average Bonchev–Trinajstić information content (AvgIpc) is 3.30. The molecule has 0 saturated heterocycles. The number of Topliss-reactive ketones (excluding diaryl/α,β-unsaturated/α-hetero) is 1. The Morgan fingerprint density at radius 1 is 1.16 bits per heavy atom. The van der Waals surface area contributed by atoms with Gasteiger partial charge in [-0.25, -0.2) is 22.2 Å². The molecule has 10 heteroatoms. The highest BCUT2D eigenvalue weighted by Crippen LogP contribution is 2.52. The van der Waals surface area contributed by atoms with E-state index in [0.29, 0.717) is 18.3 Å². The molecule has 0 aliphatic heterocycles. The van der Waals surface area contributed by atoms with Crippen LogP contribution in [0.15, 0.2) is 47.8 Å². The molecule has 7 nitrogen and oxygen atoms in total. The lowest BCUT2D eigenvalue weighted by Crippen LogP contribution is -2.39. The number of ketones is 1. The first-order chi connectivity index (χ1) is 15.3. The zero-order valence-corrected chi connectivity index (χ0v) is 17.7. The molecule has 0 atom stereocenters. The smallest absolute Gasteiger partial charge is 0.264 e. The van der Waals surface area contributed by atoms with Crippen molar-refractivity contribution < 1.29 is 22.0 Å². The standard InChI is InChI=1S/C22H20F2N4O3S/c23-13-2-3-20(18(24)6-13)32(30,31)28-14-7-17-16(9-21(29)22(17)4-1-5-22)19(8-14)26-11-15-10-25-12-27-15/h2-3,6-8,10,12,26,28H,1,4-5,9,11H2,(H,25,27). The minimum atomic E-state index is -4.31. The molecule has 2 aliphatic rings. The average molecular weight is 458 g/mol. The van der Waals surface area contributed by atoms with Crippen molar-refractivity contribution in [2.75, 3.05) is 10.0 Å². The Morgan fingerprint density at radius 2 is 1.97 bits per heavy atom. The molecule has 32 heavy (non-hydrogen) atoms. The summed E-state index contributed by atoms with van der Waals surface area (Å²) < 4.78 is 55.4. The molecule has 0 bridgehead atoms. The number of imidazole rings is 1. The Morgan fingerprint density at radius 3 is 2.62 bits per heavy atom. The molecule has 5 rings (SSSR count). The highest BCUT2D eigenvalue weighted by atomic mass is 32.2. The van der Waals surface area contributed by atoms with Crippen LogP contribution < -0.4 is 10.0 Å². The van der Waals surface area contributed by atoms with Crippen molar-refractivity contribution in [3.63, 3.8) is 0 Å². The van der Waals surface area contributed by atoms with Crippen LogP contribution in [0.2, 0.25) is 0 Å². The van der Waals surface area contributed by atoms with Gasteiger partial charge >= 0.3 is 0 Å². The number of H-pyrrole nitrogens is 1. The molecule has 1 spiro atoms. The van der Waals surface area contributed by atoms with Gasteiger partial charge in [-0.2, -0.15) is 0 Å². The summed E-state index contributed by atoms with van der Waals surface area (Å²) in [4.78, 5) is 19.2. The van der Waals surface area contributed by atoms with Crippen molar-refractivity contribution in [2.45, 2.75) is 42.5 Å². The lowest BCUT2D eigenvalue weighted by Gasteiger charge is -2.37. The third-order valence-electron chi connectivity index (χ3n) is 6.30. The number of rotatable bonds is 6. The fourth-order valence-electron chi connectivity index (χ4n) is 4.54. The van der Waals surface area contributed by atoms with Gasteiger partial charge in [0.15, 0.2) is 0 Å². The van der Waals surface area contributed by atoms with Crippen molar-refractivity contribution in [1.29, 1.82) is 0 Å². The lowest BCUT2D eigenvalue weighted by atomic mass is 9.64. The second-order valence-electron chi connectivity index (χ2n) is 8.20. The van der Waals surface area contributed by atoms with E-state index in [0.717, 1.165) is 48.2 Å². The minimum Gasteiger partial charge on any atom is -0.379 e. The van der Waals surface area contributed by atoms with E-state index in [9.17, 15) is 22.0 Å². The largest absolute Gasteiger partial charge is 0.379 e. The lowest BCUT2D eigenvalue weighted by molar-refractivity contribution is -0.125. The van der Waals surface area contributed by atoms with Crippen LogP contribution in [0, 0.1) is 11.6 Å². The summed E-state index contributed by atoms with van der Waals surface area (Å²) in [6.45, 7) is 0.399. The summed E-state index contributed by atoms with van der Waals surface area (Å²) in [5.41, 5.74) is 2.74. The third-order valence-corrected chi connectivity index (χ3v) is 7.72. The molecular weight excluding hydrogens is 438 g/mol. The number of hydrogen-bond acceptors (Lipinski definition) is 5. The van der Waals surface area contributed by atoms with Crippen molar-refractivity contribution in [3.05, 3.63) is 71.3 Å². The van der Waals surface area contributed by atoms with E-state index in [1.807, 2.05) is 0 Å². The van der Waals surface area contributed by atoms with E-state index >= 15 is 0 Å². The molecule has 3 aromatic rings. The number of carbonyl (C=O) groups excluding carboxylic acids is 1. The number of fused-ring (bicyclic) bond motifs is 2. The Bertz CT molecular complexity index is 1320. The van der Waals surface area contributed by atoms with Gasteiger partial charge in [-0.15, -0.1) is 0 Å². The summed E-state index contributed by atoms with van der Waals surface area (Å²) in [6, 6.07) is 5.56. The van der Waals surface area contributed by atoms with Gasteiger partial charge in [0, 0.05) is 24.4 Å². The van der Waals surface area contributed by atoms with Crippen molar-refractivity contribution >= 4 is 27.2 Å². The van der Waals surface area contributed by atoms with E-state index in [4.69, 9.17) is 0 Å². The van der Waals surface area contributed by atoms with Crippen molar-refractivity contribution in [3.8, 4) is 0 Å². The van der Waals surface area contributed by atoms with E-state index in [-0.39, 0.29) is 17.9 Å². The number of halogens is 2. The maximum absolute atomic E-state index is 14.1. The van der Waals surface area contributed by atoms with Gasteiger partial charge in [-0.1, -0.05) is 6.42 Å². The van der Waals surface area contributed by atoms with Gasteiger partial charge in [0.05, 0.1) is 29.7 Å². The first-order valence-corrected chi connectivity index (χ1v) is 11.7. The van der Waals surface area contributed by atoms with E-state index < -0.39 is 32.0 Å². The summed E-state index contributed by atoms with van der Waals surface area (Å²) in [5, 5.41) is 3.26. The van der Waals surface area contributed by atoms with Gasteiger partial charge < -0.3 is 10.3 Å². The second-order valence-corrected chi connectivity index (χ2v) is 9.85. The molecule has 3 N–H and O–H groups in total. The predicted molar refractivity (Wildman–Crippen MR) is 114 cm³/mol. The van der Waals surface area contributed by atoms with Crippen molar-refractivity contribution in [2.24, 2.45) is 0 Å². The number of aromatic nitrogens is 2. The quantitative estimate of drug-likeness (QED) is 0.523. The number of aromatic amines is 1. The number of benzene rings is 2. The topological polar surface area (TPSA) is 104 Å². The van der Waals surface area contributed by atoms with Gasteiger partial charge in [-0.3, -0.25) is 9.52 Å². The first-order valence-electron chi connectivity index (χ1n) is 10.2. The minimum absolute atomic E-state index is 0.132. The Hall–Kier alpha value is -3.27. The van der Waals surface area contributed by atoms with Crippen LogP contribution in [0.4, 0.5) is 20.2 Å². The predicted octanol–water partition coefficient (Wildman–Crippen LogP) is 3.65. The van der Waals surface area contributed by atoms with Crippen LogP contribution in [0.25, 0.3) is 0 Å². The van der Waals surface area contributed by atoms with Crippen LogP contribution >= 0.6 is 0 Å².